The molecule has 1 fully saturated rings. The number of hydrogen-bond donors (Lipinski definition) is 1. The Kier molecular flexibility index (Phi) is 6.92. The van der Waals surface area contributed by atoms with Gasteiger partial charge in [-0.2, -0.15) is 5.26 Å². The number of fused-ring (bicyclic) bond motifs is 2. The third-order valence-corrected chi connectivity index (χ3v) is 7.83. The van der Waals surface area contributed by atoms with Crippen LogP contribution in [0.3, 0.4) is 0 Å². The van der Waals surface area contributed by atoms with Crippen LogP contribution in [-0.4, -0.2) is 33.7 Å². The molecule has 2 aliphatic rings. The van der Waals surface area contributed by atoms with Crippen LogP contribution >= 0.6 is 0 Å². The smallest absolute Gasteiger partial charge is 0.244 e. The van der Waals surface area contributed by atoms with Crippen LogP contribution in [0.4, 0.5) is 0 Å². The van der Waals surface area contributed by atoms with E-state index in [1.807, 2.05) is 6.08 Å². The van der Waals surface area contributed by atoms with Crippen LogP contribution in [0.15, 0.2) is 36.4 Å². The Morgan fingerprint density at radius 1 is 1.27 bits per heavy atom. The van der Waals surface area contributed by atoms with Gasteiger partial charge in [0.25, 0.3) is 0 Å². The fourth-order valence-electron chi connectivity index (χ4n) is 6.06. The summed E-state index contributed by atoms with van der Waals surface area (Å²) in [5.41, 5.74) is 6.73. The number of nitrogens with zero attached hydrogens (tertiary/aromatic N) is 3. The largest absolute Gasteiger partial charge is 0.375 e. The Labute approximate surface area is 219 Å². The molecule has 3 aromatic rings. The van der Waals surface area contributed by atoms with Crippen molar-refractivity contribution >= 4 is 23.0 Å². The van der Waals surface area contributed by atoms with Gasteiger partial charge in [-0.25, -0.2) is 4.98 Å². The van der Waals surface area contributed by atoms with Gasteiger partial charge in [-0.3, -0.25) is 4.79 Å². The highest BCUT2D eigenvalue weighted by Crippen LogP contribution is 2.40. The summed E-state index contributed by atoms with van der Waals surface area (Å²) >= 11 is 0. The summed E-state index contributed by atoms with van der Waals surface area (Å²) in [6.45, 7) is 8.98. The number of hydrogen-bond acceptors (Lipinski definition) is 4. The van der Waals surface area contributed by atoms with Gasteiger partial charge in [-0.05, 0) is 81.2 Å². The predicted molar refractivity (Wildman–Crippen MR) is 146 cm³/mol. The monoisotopic (exact) mass is 496 g/mol. The molecule has 0 spiro atoms. The molecule has 0 bridgehead atoms. The van der Waals surface area contributed by atoms with E-state index in [9.17, 15) is 10.1 Å². The number of benzene rings is 1. The Bertz CT molecular complexity index is 1410. The molecule has 6 heteroatoms. The molecule has 192 valence electrons. The number of aromatic nitrogens is 2. The minimum Gasteiger partial charge on any atom is -0.375 e. The molecule has 0 saturated carbocycles. The number of pyridine rings is 1. The van der Waals surface area contributed by atoms with Crippen LogP contribution < -0.4 is 5.32 Å². The van der Waals surface area contributed by atoms with Gasteiger partial charge in [-0.1, -0.05) is 38.1 Å². The first-order valence-corrected chi connectivity index (χ1v) is 13.5. The second kappa shape index (κ2) is 10.1. The highest BCUT2D eigenvalue weighted by atomic mass is 16.5. The molecule has 1 amide bonds. The van der Waals surface area contributed by atoms with E-state index in [0.717, 1.165) is 66.5 Å². The number of nitrogens with one attached hydrogen (secondary N) is 1. The van der Waals surface area contributed by atoms with E-state index >= 15 is 0 Å². The van der Waals surface area contributed by atoms with Crippen LogP contribution in [0.25, 0.3) is 17.1 Å². The fraction of sp³-hybridized carbons (Fsp3) is 0.452. The number of aryl methyl sites for hydroxylation is 3. The van der Waals surface area contributed by atoms with Gasteiger partial charge in [0.1, 0.15) is 11.7 Å². The summed E-state index contributed by atoms with van der Waals surface area (Å²) in [5.74, 6) is -0.145. The van der Waals surface area contributed by atoms with Crippen LogP contribution in [0, 0.1) is 11.3 Å². The maximum Gasteiger partial charge on any atom is 0.244 e. The predicted octanol–water partition coefficient (Wildman–Crippen LogP) is 5.66. The highest BCUT2D eigenvalue weighted by molar-refractivity contribution is 5.96. The maximum absolute atomic E-state index is 13.0. The quantitative estimate of drug-likeness (QED) is 0.447. The number of ether oxygens (including phenoxy) is 1. The lowest BCUT2D eigenvalue weighted by atomic mass is 9.94. The second-order valence-electron chi connectivity index (χ2n) is 10.8. The average Bonchev–Trinajstić information content (AvgIpc) is 3.44. The Balaban J connectivity index is 1.61. The molecule has 1 aromatic carbocycles. The SMILES string of the molecule is CCc1cc(CC)c2c(C#N)c(C=CC(=O)NC3CCOC(C)(C)C3)n(C3CCc4ccccc43)c2n1. The summed E-state index contributed by atoms with van der Waals surface area (Å²) in [7, 11) is 0. The van der Waals surface area contributed by atoms with Gasteiger partial charge < -0.3 is 14.6 Å². The zero-order valence-corrected chi connectivity index (χ0v) is 22.3. The topological polar surface area (TPSA) is 79.9 Å². The summed E-state index contributed by atoms with van der Waals surface area (Å²) in [6, 6.07) is 13.3. The Morgan fingerprint density at radius 3 is 2.81 bits per heavy atom. The van der Waals surface area contributed by atoms with Gasteiger partial charge in [-0.15, -0.1) is 0 Å². The molecule has 0 radical (unpaired) electrons. The fourth-order valence-corrected chi connectivity index (χ4v) is 6.06. The van der Waals surface area contributed by atoms with Gasteiger partial charge >= 0.3 is 0 Å². The average molecular weight is 497 g/mol. The van der Waals surface area contributed by atoms with Crippen LogP contribution in [0.5, 0.6) is 0 Å². The number of carbonyl (C=O) groups is 1. The van der Waals surface area contributed by atoms with Crippen LogP contribution in [0.2, 0.25) is 0 Å². The molecule has 1 saturated heterocycles. The lowest BCUT2D eigenvalue weighted by Crippen LogP contribution is -2.45. The van der Waals surface area contributed by atoms with E-state index in [1.165, 1.54) is 11.1 Å². The summed E-state index contributed by atoms with van der Waals surface area (Å²) in [4.78, 5) is 18.1. The zero-order valence-electron chi connectivity index (χ0n) is 22.3. The normalized spacial score (nSPS) is 20.7. The Hall–Kier alpha value is -3.43. The maximum atomic E-state index is 13.0. The molecule has 1 N–H and O–H groups in total. The van der Waals surface area contributed by atoms with Crippen LogP contribution in [0.1, 0.15) is 86.6 Å². The first-order valence-electron chi connectivity index (χ1n) is 13.5. The number of rotatable bonds is 6. The molecular weight excluding hydrogens is 460 g/mol. The van der Waals surface area contributed by atoms with Crippen molar-refractivity contribution < 1.29 is 9.53 Å². The number of nitriles is 1. The highest BCUT2D eigenvalue weighted by Gasteiger charge is 2.31. The van der Waals surface area contributed by atoms with Gasteiger partial charge in [0.2, 0.25) is 5.91 Å². The molecule has 6 nitrogen and oxygen atoms in total. The van der Waals surface area contributed by atoms with Crippen molar-refractivity contribution in [2.45, 2.75) is 83.9 Å². The van der Waals surface area contributed by atoms with Gasteiger partial charge in [0, 0.05) is 29.8 Å². The van der Waals surface area contributed by atoms with E-state index in [2.05, 4.69) is 74.0 Å². The Morgan fingerprint density at radius 2 is 2.08 bits per heavy atom. The third-order valence-electron chi connectivity index (χ3n) is 7.83. The third kappa shape index (κ3) is 4.81. The van der Waals surface area contributed by atoms with Crippen molar-refractivity contribution in [3.63, 3.8) is 0 Å². The summed E-state index contributed by atoms with van der Waals surface area (Å²) in [6.07, 6.45) is 8.56. The minimum atomic E-state index is -0.241. The molecule has 2 unspecified atom stereocenters. The summed E-state index contributed by atoms with van der Waals surface area (Å²) < 4.78 is 8.02. The van der Waals surface area contributed by atoms with Crippen molar-refractivity contribution in [2.75, 3.05) is 6.61 Å². The van der Waals surface area contributed by atoms with E-state index in [1.54, 1.807) is 6.08 Å². The van der Waals surface area contributed by atoms with E-state index < -0.39 is 0 Å². The standard InChI is InChI=1S/C31H36N4O2/c1-5-20-17-22(6-2)34-30-29(20)25(19-32)27(35(30)26-12-11-21-9-7-8-10-24(21)26)13-14-28(36)33-23-15-16-37-31(3,4)18-23/h7-10,13-14,17,23,26H,5-6,11-12,15-16,18H2,1-4H3,(H,33,36). The molecule has 37 heavy (non-hydrogen) atoms. The van der Waals surface area contributed by atoms with Crippen LogP contribution in [-0.2, 0) is 28.8 Å². The molecule has 1 aliphatic heterocycles. The van der Waals surface area contributed by atoms with Gasteiger partial charge in [0.15, 0.2) is 0 Å². The molecule has 5 rings (SSSR count). The van der Waals surface area contributed by atoms with E-state index in [-0.39, 0.29) is 23.6 Å². The summed E-state index contributed by atoms with van der Waals surface area (Å²) in [5, 5.41) is 14.4. The molecule has 1 aliphatic carbocycles. The van der Waals surface area contributed by atoms with Crippen molar-refractivity contribution in [2.24, 2.45) is 0 Å². The van der Waals surface area contributed by atoms with Crippen molar-refractivity contribution in [1.29, 1.82) is 5.26 Å². The molecule has 3 heterocycles. The zero-order chi connectivity index (χ0) is 26.2. The lowest BCUT2D eigenvalue weighted by Gasteiger charge is -2.35. The number of carbonyl (C=O) groups excluding carboxylic acids is 1. The number of amides is 1. The van der Waals surface area contributed by atoms with Crippen molar-refractivity contribution in [3.8, 4) is 6.07 Å². The first-order chi connectivity index (χ1) is 17.8. The second-order valence-corrected chi connectivity index (χ2v) is 10.8. The molecule has 2 aromatic heterocycles. The van der Waals surface area contributed by atoms with E-state index in [0.29, 0.717) is 12.2 Å². The minimum absolute atomic E-state index is 0.0733. The van der Waals surface area contributed by atoms with E-state index in [4.69, 9.17) is 9.72 Å². The van der Waals surface area contributed by atoms with Gasteiger partial charge in [0.05, 0.1) is 22.9 Å². The molecular formula is C31H36N4O2. The first kappa shape index (κ1) is 25.2. The van der Waals surface area contributed by atoms with Crippen molar-refractivity contribution in [3.05, 3.63) is 70.0 Å². The van der Waals surface area contributed by atoms with Crippen molar-refractivity contribution in [1.82, 2.24) is 14.9 Å². The lowest BCUT2D eigenvalue weighted by molar-refractivity contribution is -0.119. The molecule has 2 atom stereocenters.